The molecule has 0 amide bonds. The summed E-state index contributed by atoms with van der Waals surface area (Å²) in [6.07, 6.45) is 0. The molecule has 0 fully saturated rings. The summed E-state index contributed by atoms with van der Waals surface area (Å²) in [5.41, 5.74) is 7.97. The zero-order valence-corrected chi connectivity index (χ0v) is 28.1. The molecular weight excluding hydrogens is 633 g/mol. The van der Waals surface area contributed by atoms with Crippen molar-refractivity contribution >= 4 is 43.2 Å². The Bertz CT molecular complexity index is 2860. The van der Waals surface area contributed by atoms with E-state index >= 15 is 0 Å². The van der Waals surface area contributed by atoms with E-state index in [0.29, 0.717) is 17.5 Å². The molecule has 0 aliphatic carbocycles. The average molecular weight is 663 g/mol. The van der Waals surface area contributed by atoms with Crippen molar-refractivity contribution in [2.24, 2.45) is 0 Å². The molecule has 0 bridgehead atoms. The van der Waals surface area contributed by atoms with Gasteiger partial charge in [-0.15, -0.1) is 0 Å². The Morgan fingerprint density at radius 2 is 0.788 bits per heavy atom. The van der Waals surface area contributed by atoms with Gasteiger partial charge in [0, 0.05) is 27.6 Å². The Hall–Kier alpha value is -7.04. The van der Waals surface area contributed by atoms with Crippen LogP contribution in [0.3, 0.4) is 0 Å². The van der Waals surface area contributed by atoms with Crippen molar-refractivity contribution < 1.29 is 0 Å². The van der Waals surface area contributed by atoms with Gasteiger partial charge in [-0.25, -0.2) is 19.9 Å². The quantitative estimate of drug-likeness (QED) is 0.172. The van der Waals surface area contributed by atoms with Crippen molar-refractivity contribution in [1.29, 1.82) is 0 Å². The Kier molecular flexibility index (Phi) is 7.10. The minimum Gasteiger partial charge on any atom is -0.248 e. The summed E-state index contributed by atoms with van der Waals surface area (Å²) in [4.78, 5) is 20.8. The van der Waals surface area contributed by atoms with Gasteiger partial charge in [0.05, 0.1) is 11.2 Å². The molecule has 0 radical (unpaired) electrons. The Balaban J connectivity index is 1.18. The van der Waals surface area contributed by atoms with Crippen LogP contribution in [0.1, 0.15) is 0 Å². The van der Waals surface area contributed by atoms with Gasteiger partial charge in [-0.3, -0.25) is 0 Å². The number of aromatic nitrogens is 4. The van der Waals surface area contributed by atoms with Crippen LogP contribution < -0.4 is 0 Å². The first-order valence-electron chi connectivity index (χ1n) is 17.5. The van der Waals surface area contributed by atoms with Crippen LogP contribution in [-0.4, -0.2) is 19.9 Å². The third-order valence-electron chi connectivity index (χ3n) is 9.90. The van der Waals surface area contributed by atoms with Crippen LogP contribution in [0.25, 0.3) is 99.8 Å². The van der Waals surface area contributed by atoms with Crippen LogP contribution in [0, 0.1) is 0 Å². The number of hydrogen-bond acceptors (Lipinski definition) is 4. The first kappa shape index (κ1) is 29.8. The van der Waals surface area contributed by atoms with E-state index < -0.39 is 0 Å². The molecular formula is C48H30N4. The molecule has 0 N–H and O–H groups in total. The fourth-order valence-electron chi connectivity index (χ4n) is 7.40. The second-order valence-electron chi connectivity index (χ2n) is 13.0. The van der Waals surface area contributed by atoms with Crippen LogP contribution in [0.5, 0.6) is 0 Å². The molecule has 52 heavy (non-hydrogen) atoms. The van der Waals surface area contributed by atoms with Crippen molar-refractivity contribution in [3.63, 3.8) is 0 Å². The predicted molar refractivity (Wildman–Crippen MR) is 215 cm³/mol. The fraction of sp³-hybridized carbons (Fsp3) is 0. The monoisotopic (exact) mass is 662 g/mol. The van der Waals surface area contributed by atoms with E-state index in [1.54, 1.807) is 0 Å². The van der Waals surface area contributed by atoms with Gasteiger partial charge in [-0.1, -0.05) is 164 Å². The zero-order valence-electron chi connectivity index (χ0n) is 28.1. The molecule has 10 aromatic rings. The van der Waals surface area contributed by atoms with E-state index in [1.807, 2.05) is 0 Å². The molecule has 8 aromatic carbocycles. The summed E-state index contributed by atoms with van der Waals surface area (Å²) in [6, 6.07) is 63.4. The molecule has 2 heterocycles. The first-order chi connectivity index (χ1) is 25.8. The maximum absolute atomic E-state index is 5.26. The standard InChI is InChI=1S/C48H30N4/c1-2-13-33(14-3-1)42-30-44(49-43-28-27-34-17-6-9-24-39(34)45(42)43)35-20-10-21-36(29-35)46-50-47(40-25-11-18-31-15-4-7-22-37(31)40)52-48(51-46)41-26-12-19-32-16-5-8-23-38(32)41/h1-30H. The topological polar surface area (TPSA) is 51.6 Å². The van der Waals surface area contributed by atoms with E-state index in [1.165, 1.54) is 10.8 Å². The van der Waals surface area contributed by atoms with E-state index in [-0.39, 0.29) is 0 Å². The number of nitrogens with zero attached hydrogens (tertiary/aromatic N) is 4. The van der Waals surface area contributed by atoms with E-state index in [2.05, 4.69) is 182 Å². The van der Waals surface area contributed by atoms with Crippen LogP contribution in [0.15, 0.2) is 182 Å². The zero-order chi connectivity index (χ0) is 34.4. The summed E-state index contributed by atoms with van der Waals surface area (Å²) in [5.74, 6) is 1.88. The summed E-state index contributed by atoms with van der Waals surface area (Å²) in [7, 11) is 0. The lowest BCUT2D eigenvalue weighted by Crippen LogP contribution is -2.01. The minimum atomic E-state index is 0.609. The van der Waals surface area contributed by atoms with Gasteiger partial charge in [-0.05, 0) is 61.6 Å². The Labute approximate surface area is 300 Å². The fourth-order valence-corrected chi connectivity index (χ4v) is 7.40. The smallest absolute Gasteiger partial charge is 0.164 e. The summed E-state index contributed by atoms with van der Waals surface area (Å²) in [5, 5.41) is 8.02. The highest BCUT2D eigenvalue weighted by Crippen LogP contribution is 2.38. The van der Waals surface area contributed by atoms with Crippen molar-refractivity contribution in [3.05, 3.63) is 182 Å². The third-order valence-corrected chi connectivity index (χ3v) is 9.90. The lowest BCUT2D eigenvalue weighted by molar-refractivity contribution is 1.08. The summed E-state index contributed by atoms with van der Waals surface area (Å²) >= 11 is 0. The maximum Gasteiger partial charge on any atom is 0.164 e. The van der Waals surface area contributed by atoms with Crippen LogP contribution in [0.4, 0.5) is 0 Å². The molecule has 0 aliphatic heterocycles. The predicted octanol–water partition coefficient (Wildman–Crippen LogP) is 12.2. The van der Waals surface area contributed by atoms with Gasteiger partial charge in [0.15, 0.2) is 17.5 Å². The van der Waals surface area contributed by atoms with Gasteiger partial charge in [0.25, 0.3) is 0 Å². The molecule has 0 spiro atoms. The Morgan fingerprint density at radius 1 is 0.288 bits per heavy atom. The molecule has 0 atom stereocenters. The third kappa shape index (κ3) is 5.17. The first-order valence-corrected chi connectivity index (χ1v) is 17.5. The van der Waals surface area contributed by atoms with Crippen molar-refractivity contribution in [2.75, 3.05) is 0 Å². The highest BCUT2D eigenvalue weighted by molar-refractivity contribution is 6.13. The molecule has 0 saturated heterocycles. The lowest BCUT2D eigenvalue weighted by atomic mass is 9.94. The molecule has 0 saturated carbocycles. The normalized spacial score (nSPS) is 11.5. The lowest BCUT2D eigenvalue weighted by Gasteiger charge is -2.14. The van der Waals surface area contributed by atoms with Gasteiger partial charge in [0.1, 0.15) is 0 Å². The number of rotatable bonds is 5. The molecule has 0 aliphatic rings. The molecule has 4 heteroatoms. The molecule has 10 rings (SSSR count). The van der Waals surface area contributed by atoms with E-state index in [0.717, 1.165) is 71.5 Å². The maximum atomic E-state index is 5.26. The van der Waals surface area contributed by atoms with Crippen LogP contribution >= 0.6 is 0 Å². The second kappa shape index (κ2) is 12.4. The summed E-state index contributed by atoms with van der Waals surface area (Å²) < 4.78 is 0. The molecule has 0 unspecified atom stereocenters. The highest BCUT2D eigenvalue weighted by Gasteiger charge is 2.17. The van der Waals surface area contributed by atoms with Crippen molar-refractivity contribution in [2.45, 2.75) is 0 Å². The van der Waals surface area contributed by atoms with E-state index in [4.69, 9.17) is 19.9 Å². The van der Waals surface area contributed by atoms with Crippen LogP contribution in [-0.2, 0) is 0 Å². The van der Waals surface area contributed by atoms with Crippen molar-refractivity contribution in [3.8, 4) is 56.5 Å². The number of fused-ring (bicyclic) bond motifs is 5. The van der Waals surface area contributed by atoms with E-state index in [9.17, 15) is 0 Å². The second-order valence-corrected chi connectivity index (χ2v) is 13.0. The van der Waals surface area contributed by atoms with Gasteiger partial charge >= 0.3 is 0 Å². The molecule has 4 nitrogen and oxygen atoms in total. The Morgan fingerprint density at radius 3 is 1.46 bits per heavy atom. The SMILES string of the molecule is c1ccc(-c2cc(-c3cccc(-c4nc(-c5cccc6ccccc56)nc(-c5cccc6ccccc56)n4)c3)nc3ccc4ccccc4c23)cc1. The van der Waals surface area contributed by atoms with Crippen LogP contribution in [0.2, 0.25) is 0 Å². The number of hydrogen-bond donors (Lipinski definition) is 0. The molecule has 2 aromatic heterocycles. The number of benzene rings is 8. The van der Waals surface area contributed by atoms with Gasteiger partial charge < -0.3 is 0 Å². The minimum absolute atomic E-state index is 0.609. The van der Waals surface area contributed by atoms with Crippen molar-refractivity contribution in [1.82, 2.24) is 19.9 Å². The highest BCUT2D eigenvalue weighted by atomic mass is 15.0. The molecule has 242 valence electrons. The van der Waals surface area contributed by atoms with Gasteiger partial charge in [-0.2, -0.15) is 0 Å². The largest absolute Gasteiger partial charge is 0.248 e. The van der Waals surface area contributed by atoms with Gasteiger partial charge in [0.2, 0.25) is 0 Å². The average Bonchev–Trinajstić information content (AvgIpc) is 3.23. The number of pyridine rings is 1. The summed E-state index contributed by atoms with van der Waals surface area (Å²) in [6.45, 7) is 0.